The van der Waals surface area contributed by atoms with Gasteiger partial charge in [-0.1, -0.05) is 20.8 Å². The van der Waals surface area contributed by atoms with Crippen molar-refractivity contribution in [1.82, 2.24) is 0 Å². The summed E-state index contributed by atoms with van der Waals surface area (Å²) in [5, 5.41) is 9.99. The lowest BCUT2D eigenvalue weighted by molar-refractivity contribution is -0.384. The minimum atomic E-state index is -0.504. The van der Waals surface area contributed by atoms with Gasteiger partial charge in [-0.2, -0.15) is 0 Å². The molecule has 17 heavy (non-hydrogen) atoms. The highest BCUT2D eigenvalue weighted by Crippen LogP contribution is 2.26. The number of nitrogens with zero attached hydrogens (tertiary/aromatic N) is 1. The Balaban J connectivity index is 2.64. The van der Waals surface area contributed by atoms with Crippen LogP contribution < -0.4 is 4.74 Å². The van der Waals surface area contributed by atoms with E-state index in [-0.39, 0.29) is 10.4 Å². The second-order valence-electron chi connectivity index (χ2n) is 4.32. The fourth-order valence-electron chi connectivity index (χ4n) is 1.00. The van der Waals surface area contributed by atoms with E-state index in [0.717, 1.165) is 11.8 Å². The smallest absolute Gasteiger partial charge is 0.373 e. The summed E-state index contributed by atoms with van der Waals surface area (Å²) >= 11 is 1.07. The number of hydrogen-bond acceptors (Lipinski definition) is 5. The van der Waals surface area contributed by atoms with Crippen LogP contribution in [0.3, 0.4) is 0 Å². The van der Waals surface area contributed by atoms with E-state index in [9.17, 15) is 14.9 Å². The molecule has 0 saturated carbocycles. The van der Waals surface area contributed by atoms with Gasteiger partial charge in [0, 0.05) is 16.9 Å². The molecule has 92 valence electrons. The van der Waals surface area contributed by atoms with Gasteiger partial charge < -0.3 is 4.74 Å². The number of rotatable bonds is 2. The Bertz CT molecular complexity index is 422. The first-order valence-electron chi connectivity index (χ1n) is 4.93. The average molecular weight is 255 g/mol. The summed E-state index contributed by atoms with van der Waals surface area (Å²) in [4.78, 5) is 21.4. The number of nitro groups is 1. The minimum absolute atomic E-state index is 0.0340. The molecule has 0 N–H and O–H groups in total. The Hall–Kier alpha value is -1.56. The highest BCUT2D eigenvalue weighted by atomic mass is 32.2. The van der Waals surface area contributed by atoms with Crippen LogP contribution >= 0.6 is 11.8 Å². The van der Waals surface area contributed by atoms with Crippen molar-refractivity contribution in [3.63, 3.8) is 0 Å². The van der Waals surface area contributed by atoms with E-state index in [1.165, 1.54) is 24.3 Å². The topological polar surface area (TPSA) is 69.4 Å². The van der Waals surface area contributed by atoms with Crippen molar-refractivity contribution < 1.29 is 14.5 Å². The molecule has 5 nitrogen and oxygen atoms in total. The largest absolute Gasteiger partial charge is 0.418 e. The Morgan fingerprint density at radius 1 is 1.29 bits per heavy atom. The maximum absolute atomic E-state index is 11.5. The molecule has 6 heteroatoms. The van der Waals surface area contributed by atoms with Gasteiger partial charge in [0.15, 0.2) is 0 Å². The molecule has 0 unspecified atom stereocenters. The van der Waals surface area contributed by atoms with Crippen molar-refractivity contribution in [3.8, 4) is 5.75 Å². The fraction of sp³-hybridized carbons (Fsp3) is 0.364. The summed E-state index contributed by atoms with van der Waals surface area (Å²) in [6, 6.07) is 5.40. The fourth-order valence-corrected chi connectivity index (χ4v) is 1.64. The number of thioether (sulfide) groups is 1. The van der Waals surface area contributed by atoms with Gasteiger partial charge in [-0.05, 0) is 23.9 Å². The molecule has 0 aliphatic rings. The predicted octanol–water partition coefficient (Wildman–Crippen LogP) is 3.63. The van der Waals surface area contributed by atoms with Gasteiger partial charge in [0.1, 0.15) is 5.75 Å². The molecule has 0 spiro atoms. The summed E-state index contributed by atoms with van der Waals surface area (Å²) < 4.78 is 4.80. The third-order valence-electron chi connectivity index (χ3n) is 1.64. The van der Waals surface area contributed by atoms with Crippen LogP contribution in [-0.4, -0.2) is 15.0 Å². The molecule has 0 saturated heterocycles. The summed E-state index contributed by atoms with van der Waals surface area (Å²) in [7, 11) is 0. The Kier molecular flexibility index (Phi) is 4.11. The molecule has 0 aliphatic carbocycles. The van der Waals surface area contributed by atoms with Crippen LogP contribution in [0.15, 0.2) is 24.3 Å². The van der Waals surface area contributed by atoms with Crippen molar-refractivity contribution in [1.29, 1.82) is 0 Å². The molecule has 0 aliphatic heterocycles. The van der Waals surface area contributed by atoms with Crippen molar-refractivity contribution in [2.45, 2.75) is 25.5 Å². The van der Waals surface area contributed by atoms with Crippen molar-refractivity contribution >= 4 is 22.8 Å². The lowest BCUT2D eigenvalue weighted by Crippen LogP contribution is -2.14. The minimum Gasteiger partial charge on any atom is -0.418 e. The molecule has 0 heterocycles. The third-order valence-corrected chi connectivity index (χ3v) is 2.50. The zero-order chi connectivity index (χ0) is 13.1. The predicted molar refractivity (Wildman–Crippen MR) is 66.5 cm³/mol. The maximum atomic E-state index is 11.5. The standard InChI is InChI=1S/C11H13NO4S/c1-11(2,3)17-10(13)16-9-6-4-8(5-7-9)12(14)15/h4-7H,1-3H3. The number of carbonyl (C=O) groups excluding carboxylic acids is 1. The van der Waals surface area contributed by atoms with Crippen molar-refractivity contribution in [3.05, 3.63) is 34.4 Å². The quantitative estimate of drug-likeness (QED) is 0.458. The van der Waals surface area contributed by atoms with E-state index < -0.39 is 10.2 Å². The molecule has 0 atom stereocenters. The number of non-ortho nitro benzene ring substituents is 1. The first-order valence-corrected chi connectivity index (χ1v) is 5.75. The van der Waals surface area contributed by atoms with Gasteiger partial charge in [0.2, 0.25) is 0 Å². The highest BCUT2D eigenvalue weighted by molar-refractivity contribution is 8.14. The maximum Gasteiger partial charge on any atom is 0.373 e. The molecule has 0 bridgehead atoms. The normalized spacial score (nSPS) is 11.0. The van der Waals surface area contributed by atoms with Crippen molar-refractivity contribution in [2.24, 2.45) is 0 Å². The molecule has 1 aromatic carbocycles. The molecule has 0 radical (unpaired) electrons. The summed E-state index contributed by atoms with van der Waals surface area (Å²) in [5.74, 6) is 0.303. The monoisotopic (exact) mass is 255 g/mol. The Morgan fingerprint density at radius 2 is 1.82 bits per heavy atom. The van der Waals surface area contributed by atoms with Crippen molar-refractivity contribution in [2.75, 3.05) is 0 Å². The lowest BCUT2D eigenvalue weighted by atomic mass is 10.3. The van der Waals surface area contributed by atoms with Gasteiger partial charge in [-0.15, -0.1) is 0 Å². The molecular formula is C11H13NO4S. The molecule has 0 fully saturated rings. The van der Waals surface area contributed by atoms with Crippen LogP contribution in [0, 0.1) is 10.1 Å². The summed E-state index contributed by atoms with van der Waals surface area (Å²) in [6.07, 6.45) is 0. The number of carbonyl (C=O) groups is 1. The summed E-state index contributed by atoms with van der Waals surface area (Å²) in [6.45, 7) is 5.69. The summed E-state index contributed by atoms with van der Waals surface area (Å²) in [5.41, 5.74) is -0.0340. The van der Waals surface area contributed by atoms with Gasteiger partial charge in [-0.25, -0.2) is 4.79 Å². The van der Waals surface area contributed by atoms with E-state index in [1.54, 1.807) is 0 Å². The van der Waals surface area contributed by atoms with E-state index in [4.69, 9.17) is 4.74 Å². The van der Waals surface area contributed by atoms with Gasteiger partial charge in [0.25, 0.3) is 5.69 Å². The van der Waals surface area contributed by atoms with Crippen LogP contribution in [0.1, 0.15) is 20.8 Å². The van der Waals surface area contributed by atoms with E-state index in [2.05, 4.69) is 0 Å². The van der Waals surface area contributed by atoms with Crippen LogP contribution in [0.2, 0.25) is 0 Å². The van der Waals surface area contributed by atoms with Crippen LogP contribution in [0.5, 0.6) is 5.75 Å². The molecule has 1 aromatic rings. The second-order valence-corrected chi connectivity index (χ2v) is 6.08. The highest BCUT2D eigenvalue weighted by Gasteiger charge is 2.18. The van der Waals surface area contributed by atoms with Crippen LogP contribution in [0.4, 0.5) is 10.5 Å². The third kappa shape index (κ3) is 4.86. The van der Waals surface area contributed by atoms with E-state index in [1.807, 2.05) is 20.8 Å². The first-order chi connectivity index (χ1) is 7.78. The van der Waals surface area contributed by atoms with Crippen LogP contribution in [-0.2, 0) is 0 Å². The van der Waals surface area contributed by atoms with Gasteiger partial charge in [-0.3, -0.25) is 10.1 Å². The SMILES string of the molecule is CC(C)(C)SC(=O)Oc1ccc([N+](=O)[O-])cc1. The molecule has 0 aromatic heterocycles. The second kappa shape index (κ2) is 5.18. The zero-order valence-electron chi connectivity index (χ0n) is 9.80. The number of nitro benzene ring substituents is 1. The van der Waals surface area contributed by atoms with E-state index >= 15 is 0 Å². The van der Waals surface area contributed by atoms with Gasteiger partial charge >= 0.3 is 5.30 Å². The number of hydrogen-bond donors (Lipinski definition) is 0. The average Bonchev–Trinajstić information content (AvgIpc) is 2.15. The van der Waals surface area contributed by atoms with Gasteiger partial charge in [0.05, 0.1) is 4.92 Å². The van der Waals surface area contributed by atoms with E-state index in [0.29, 0.717) is 5.75 Å². The Labute approximate surface area is 103 Å². The molecule has 0 amide bonds. The Morgan fingerprint density at radius 3 is 2.24 bits per heavy atom. The number of benzene rings is 1. The van der Waals surface area contributed by atoms with Crippen LogP contribution in [0.25, 0.3) is 0 Å². The molecule has 1 rings (SSSR count). The number of ether oxygens (including phenoxy) is 1. The lowest BCUT2D eigenvalue weighted by Gasteiger charge is -2.15. The first kappa shape index (κ1) is 13.5. The zero-order valence-corrected chi connectivity index (χ0v) is 10.6. The molecular weight excluding hydrogens is 242 g/mol.